The van der Waals surface area contributed by atoms with Gasteiger partial charge in [0.2, 0.25) is 0 Å². The maximum Gasteiger partial charge on any atom is 0.331 e. The molecular weight excluding hydrogens is 308 g/mol. The molecule has 3 rings (SSSR count). The first-order chi connectivity index (χ1) is 10.5. The van der Waals surface area contributed by atoms with Gasteiger partial charge in [-0.2, -0.15) is 0 Å². The summed E-state index contributed by atoms with van der Waals surface area (Å²) in [6.45, 7) is 0.255. The normalized spacial score (nSPS) is 21.2. The fourth-order valence-corrected chi connectivity index (χ4v) is 3.13. The smallest absolute Gasteiger partial charge is 0.331 e. The fourth-order valence-electron chi connectivity index (χ4n) is 2.76. The molecule has 0 bridgehead atoms. The van der Waals surface area contributed by atoms with E-state index in [0.29, 0.717) is 11.6 Å². The van der Waals surface area contributed by atoms with Gasteiger partial charge < -0.3 is 19.7 Å². The number of fused-ring (bicyclic) bond motifs is 1. The van der Waals surface area contributed by atoms with Crippen molar-refractivity contribution in [2.45, 2.75) is 12.0 Å². The molecule has 0 saturated carbocycles. The summed E-state index contributed by atoms with van der Waals surface area (Å²) in [7, 11) is 1.72. The van der Waals surface area contributed by atoms with E-state index in [4.69, 9.17) is 16.3 Å². The first-order valence-corrected chi connectivity index (χ1v) is 7.21. The Balaban J connectivity index is 2.01. The maximum absolute atomic E-state index is 12.6. The molecule has 6 nitrogen and oxygen atoms in total. The third-order valence-corrected chi connectivity index (χ3v) is 4.43. The molecule has 22 heavy (non-hydrogen) atoms. The number of nitrogens with one attached hydrogen (secondary N) is 1. The predicted molar refractivity (Wildman–Crippen MR) is 81.2 cm³/mol. The number of aryl methyl sites for hydroxylation is 1. The van der Waals surface area contributed by atoms with E-state index < -0.39 is 17.4 Å². The number of hydrogen-bond acceptors (Lipinski definition) is 3. The van der Waals surface area contributed by atoms with Crippen LogP contribution in [0.25, 0.3) is 10.9 Å². The van der Waals surface area contributed by atoms with E-state index in [2.05, 4.69) is 5.32 Å². The van der Waals surface area contributed by atoms with E-state index in [1.807, 2.05) is 24.3 Å². The molecule has 116 valence electrons. The summed E-state index contributed by atoms with van der Waals surface area (Å²) in [5.41, 5.74) is -0.336. The number of halogens is 1. The van der Waals surface area contributed by atoms with Crippen molar-refractivity contribution in [2.24, 2.45) is 7.05 Å². The average molecular weight is 323 g/mol. The molecule has 2 aromatic rings. The van der Waals surface area contributed by atoms with Crippen molar-refractivity contribution >= 4 is 34.4 Å². The minimum Gasteiger partial charge on any atom is -0.479 e. The maximum atomic E-state index is 12.6. The van der Waals surface area contributed by atoms with Gasteiger partial charge in [-0.3, -0.25) is 4.79 Å². The molecule has 7 heteroatoms. The molecule has 0 aliphatic carbocycles. The van der Waals surface area contributed by atoms with Gasteiger partial charge in [-0.25, -0.2) is 4.79 Å². The Kier molecular flexibility index (Phi) is 3.58. The van der Waals surface area contributed by atoms with Gasteiger partial charge in [-0.05, 0) is 6.07 Å². The number of aromatic nitrogens is 1. The Labute approximate surface area is 131 Å². The Hall–Kier alpha value is -2.05. The van der Waals surface area contributed by atoms with Crippen molar-refractivity contribution in [3.8, 4) is 0 Å². The molecule has 2 heterocycles. The minimum atomic E-state index is -1.39. The lowest BCUT2D eigenvalue weighted by Crippen LogP contribution is -2.55. The van der Waals surface area contributed by atoms with E-state index in [1.54, 1.807) is 11.6 Å². The second kappa shape index (κ2) is 5.30. The molecule has 1 amide bonds. The van der Waals surface area contributed by atoms with Gasteiger partial charge in [-0.15, -0.1) is 0 Å². The van der Waals surface area contributed by atoms with Crippen LogP contribution in [0.2, 0.25) is 5.02 Å². The summed E-state index contributed by atoms with van der Waals surface area (Å²) in [6, 6.07) is 7.35. The summed E-state index contributed by atoms with van der Waals surface area (Å²) < 4.78 is 6.81. The zero-order valence-corrected chi connectivity index (χ0v) is 12.7. The van der Waals surface area contributed by atoms with Crippen molar-refractivity contribution in [3.05, 3.63) is 35.0 Å². The standard InChI is InChI=1S/C15H15ClN2O4/c1-18-10-5-3-2-4-9(10)11(16)12(18)13(19)17-15(14(20)21)6-7-22-8-15/h2-5H,6-8H2,1H3,(H,17,19)(H,20,21). The molecule has 1 aliphatic heterocycles. The summed E-state index contributed by atoms with van der Waals surface area (Å²) in [6.07, 6.45) is 0.232. The van der Waals surface area contributed by atoms with Gasteiger partial charge in [0.1, 0.15) is 5.69 Å². The number of ether oxygens (including phenoxy) is 1. The van der Waals surface area contributed by atoms with Crippen LogP contribution in [0.3, 0.4) is 0 Å². The average Bonchev–Trinajstić information content (AvgIpc) is 3.05. The van der Waals surface area contributed by atoms with E-state index in [-0.39, 0.29) is 18.7 Å². The third kappa shape index (κ3) is 2.15. The highest BCUT2D eigenvalue weighted by Crippen LogP contribution is 2.30. The molecular formula is C15H15ClN2O4. The van der Waals surface area contributed by atoms with Gasteiger partial charge in [0.05, 0.1) is 11.6 Å². The lowest BCUT2D eigenvalue weighted by molar-refractivity contribution is -0.144. The van der Waals surface area contributed by atoms with Crippen molar-refractivity contribution in [1.29, 1.82) is 0 Å². The Morgan fingerprint density at radius 1 is 1.41 bits per heavy atom. The number of para-hydroxylation sites is 1. The Bertz CT molecular complexity index is 723. The predicted octanol–water partition coefficient (Wildman–Crippen LogP) is 1.81. The largest absolute Gasteiger partial charge is 0.479 e. The summed E-state index contributed by atoms with van der Waals surface area (Å²) in [5, 5.41) is 13.1. The quantitative estimate of drug-likeness (QED) is 0.903. The van der Waals surface area contributed by atoms with Crippen LogP contribution in [0.4, 0.5) is 0 Å². The number of nitrogens with zero attached hydrogens (tertiary/aromatic N) is 1. The number of benzene rings is 1. The molecule has 0 radical (unpaired) electrons. The second-order valence-electron chi connectivity index (χ2n) is 5.38. The SMILES string of the molecule is Cn1c(C(=O)NC2(C(=O)O)CCOC2)c(Cl)c2ccccc21. The zero-order valence-electron chi connectivity index (χ0n) is 11.9. The lowest BCUT2D eigenvalue weighted by Gasteiger charge is -2.23. The highest BCUT2D eigenvalue weighted by Gasteiger charge is 2.44. The molecule has 1 aromatic heterocycles. The molecule has 1 saturated heterocycles. The first-order valence-electron chi connectivity index (χ1n) is 6.83. The highest BCUT2D eigenvalue weighted by atomic mass is 35.5. The number of carboxylic acids is 1. The van der Waals surface area contributed by atoms with Gasteiger partial charge >= 0.3 is 5.97 Å². The molecule has 1 fully saturated rings. The van der Waals surface area contributed by atoms with Gasteiger partial charge in [0, 0.05) is 31.0 Å². The molecule has 1 atom stereocenters. The molecule has 2 N–H and O–H groups in total. The number of aliphatic carboxylic acids is 1. The van der Waals surface area contributed by atoms with E-state index >= 15 is 0 Å². The highest BCUT2D eigenvalue weighted by molar-refractivity contribution is 6.38. The zero-order chi connectivity index (χ0) is 15.9. The second-order valence-corrected chi connectivity index (χ2v) is 5.76. The molecule has 1 unspecified atom stereocenters. The van der Waals surface area contributed by atoms with Crippen LogP contribution >= 0.6 is 11.6 Å². The van der Waals surface area contributed by atoms with Crippen LogP contribution in [0.1, 0.15) is 16.9 Å². The number of amides is 1. The lowest BCUT2D eigenvalue weighted by atomic mass is 9.99. The topological polar surface area (TPSA) is 80.6 Å². The third-order valence-electron chi connectivity index (χ3n) is 4.04. The fraction of sp³-hybridized carbons (Fsp3) is 0.333. The Morgan fingerprint density at radius 3 is 2.73 bits per heavy atom. The van der Waals surface area contributed by atoms with Crippen molar-refractivity contribution < 1.29 is 19.4 Å². The summed E-state index contributed by atoms with van der Waals surface area (Å²) in [5.74, 6) is -1.62. The van der Waals surface area contributed by atoms with Crippen LogP contribution in [0, 0.1) is 0 Å². The van der Waals surface area contributed by atoms with Gasteiger partial charge in [-0.1, -0.05) is 29.8 Å². The number of hydrogen-bond donors (Lipinski definition) is 2. The molecule has 0 spiro atoms. The van der Waals surface area contributed by atoms with E-state index in [1.165, 1.54) is 0 Å². The van der Waals surface area contributed by atoms with Crippen molar-refractivity contribution in [2.75, 3.05) is 13.2 Å². The number of rotatable bonds is 3. The molecule has 1 aromatic carbocycles. The van der Waals surface area contributed by atoms with Crippen LogP contribution < -0.4 is 5.32 Å². The number of carboxylic acid groups (broad SMARTS) is 1. The van der Waals surface area contributed by atoms with Crippen molar-refractivity contribution in [1.82, 2.24) is 9.88 Å². The van der Waals surface area contributed by atoms with Crippen molar-refractivity contribution in [3.63, 3.8) is 0 Å². The number of carbonyl (C=O) groups excluding carboxylic acids is 1. The molecule has 1 aliphatic rings. The van der Waals surface area contributed by atoms with E-state index in [9.17, 15) is 14.7 Å². The minimum absolute atomic E-state index is 0.0460. The van der Waals surface area contributed by atoms with Crippen LogP contribution in [-0.2, 0) is 16.6 Å². The number of carbonyl (C=O) groups is 2. The van der Waals surface area contributed by atoms with Crippen LogP contribution in [-0.4, -0.2) is 40.3 Å². The van der Waals surface area contributed by atoms with E-state index in [0.717, 1.165) is 10.9 Å². The first kappa shape index (κ1) is 14.9. The Morgan fingerprint density at radius 2 is 2.14 bits per heavy atom. The van der Waals surface area contributed by atoms with Gasteiger partial charge in [0.25, 0.3) is 5.91 Å². The van der Waals surface area contributed by atoms with Gasteiger partial charge in [0.15, 0.2) is 5.54 Å². The van der Waals surface area contributed by atoms with Crippen LogP contribution in [0.5, 0.6) is 0 Å². The summed E-state index contributed by atoms with van der Waals surface area (Å²) in [4.78, 5) is 24.1. The van der Waals surface area contributed by atoms with Crippen LogP contribution in [0.15, 0.2) is 24.3 Å². The monoisotopic (exact) mass is 322 g/mol. The summed E-state index contributed by atoms with van der Waals surface area (Å²) >= 11 is 6.31.